The van der Waals surface area contributed by atoms with E-state index in [1.807, 2.05) is 77.1 Å². The molecule has 0 aliphatic heterocycles. The van der Waals surface area contributed by atoms with E-state index in [9.17, 15) is 0 Å². The van der Waals surface area contributed by atoms with Crippen LogP contribution in [-0.4, -0.2) is 19.2 Å². The van der Waals surface area contributed by atoms with Crippen molar-refractivity contribution in [3.05, 3.63) is 65.7 Å². The van der Waals surface area contributed by atoms with Crippen molar-refractivity contribution in [3.8, 4) is 0 Å². The second-order valence-corrected chi connectivity index (χ2v) is 4.75. The van der Waals surface area contributed by atoms with Gasteiger partial charge in [0.25, 0.3) is 0 Å². The number of rotatable bonds is 0. The number of hydrogen-bond acceptors (Lipinski definition) is 2. The van der Waals surface area contributed by atoms with Gasteiger partial charge in [-0.05, 0) is 37.7 Å². The summed E-state index contributed by atoms with van der Waals surface area (Å²) in [7, 11) is 3.55. The van der Waals surface area contributed by atoms with Crippen LogP contribution in [0.25, 0.3) is 0 Å². The molecule has 0 unspecified atom stereocenters. The Bertz CT molecular complexity index is 487. The summed E-state index contributed by atoms with van der Waals surface area (Å²) in [5, 5.41) is 6.15. The molecule has 0 fully saturated rings. The molecule has 0 atom stereocenters. The van der Waals surface area contributed by atoms with Gasteiger partial charge in [-0.15, -0.1) is 0 Å². The average Bonchev–Trinajstić information content (AvgIpc) is 2.68. The number of aryl methyl sites for hydroxylation is 2. The average molecular weight is 396 g/mol. The third-order valence-corrected chi connectivity index (χ3v) is 2.99. The number of nitrogens with two attached hydrogens (primary N) is 1. The molecule has 27 heavy (non-hydrogen) atoms. The van der Waals surface area contributed by atoms with Crippen molar-refractivity contribution in [2.75, 3.05) is 19.8 Å². The first-order valence-corrected chi connectivity index (χ1v) is 9.14. The largest absolute Gasteiger partial charge is 0.399 e. The highest BCUT2D eigenvalue weighted by Gasteiger charge is 1.84. The number of anilines is 1. The van der Waals surface area contributed by atoms with E-state index < -0.39 is 0 Å². The van der Waals surface area contributed by atoms with Crippen LogP contribution in [-0.2, 0) is 0 Å². The summed E-state index contributed by atoms with van der Waals surface area (Å²) in [5.74, 6) is 0. The highest BCUT2D eigenvalue weighted by atomic mass is 32.1. The minimum atomic E-state index is 0. The zero-order valence-electron chi connectivity index (χ0n) is 17.2. The van der Waals surface area contributed by atoms with Crippen LogP contribution in [0, 0.1) is 13.8 Å². The molecular formula is C23H45N3S. The second kappa shape index (κ2) is 28.7. The Balaban J connectivity index is -0.0000000799. The van der Waals surface area contributed by atoms with Crippen LogP contribution in [0.3, 0.4) is 0 Å². The predicted octanol–water partition coefficient (Wildman–Crippen LogP) is 6.61. The van der Waals surface area contributed by atoms with Crippen molar-refractivity contribution in [3.63, 3.8) is 0 Å². The molecule has 158 valence electrons. The van der Waals surface area contributed by atoms with Crippen molar-refractivity contribution >= 4 is 23.0 Å². The number of hydrogen-bond donors (Lipinski definition) is 3. The lowest BCUT2D eigenvalue weighted by molar-refractivity contribution is 1.06. The molecule has 0 bridgehead atoms. The highest BCUT2D eigenvalue weighted by Crippen LogP contribution is 2.06. The first-order chi connectivity index (χ1) is 12.0. The molecule has 0 heterocycles. The summed E-state index contributed by atoms with van der Waals surface area (Å²) in [6.07, 6.45) is 0. The lowest BCUT2D eigenvalue weighted by Crippen LogP contribution is -2.28. The fourth-order valence-electron chi connectivity index (χ4n) is 1.25. The molecular weight excluding hydrogens is 350 g/mol. The fourth-order valence-corrected chi connectivity index (χ4v) is 1.25. The van der Waals surface area contributed by atoms with Crippen molar-refractivity contribution in [2.45, 2.75) is 56.4 Å². The number of thiocarbonyl (C=S) groups is 1. The van der Waals surface area contributed by atoms with E-state index in [0.29, 0.717) is 5.11 Å². The predicted molar refractivity (Wildman–Crippen MR) is 134 cm³/mol. The molecule has 4 N–H and O–H groups in total. The van der Waals surface area contributed by atoms with E-state index in [1.165, 1.54) is 5.56 Å². The Hall–Kier alpha value is -2.07. The molecule has 4 heteroatoms. The number of benzene rings is 2. The summed E-state index contributed by atoms with van der Waals surface area (Å²) in [6.45, 7) is 12.1. The smallest absolute Gasteiger partial charge is 0.165 e. The summed E-state index contributed by atoms with van der Waals surface area (Å²) in [4.78, 5) is 0. The maximum Gasteiger partial charge on any atom is 0.165 e. The molecule has 0 saturated heterocycles. The Morgan fingerprint density at radius 3 is 1.30 bits per heavy atom. The Morgan fingerprint density at radius 2 is 1.11 bits per heavy atom. The van der Waals surface area contributed by atoms with E-state index in [-0.39, 0.29) is 14.9 Å². The minimum Gasteiger partial charge on any atom is -0.399 e. The summed E-state index contributed by atoms with van der Waals surface area (Å²) in [5.41, 5.74) is 8.86. The third-order valence-electron chi connectivity index (χ3n) is 2.58. The Morgan fingerprint density at radius 1 is 0.741 bits per heavy atom. The van der Waals surface area contributed by atoms with Crippen LogP contribution in [0.15, 0.2) is 54.6 Å². The first-order valence-electron chi connectivity index (χ1n) is 8.73. The summed E-state index contributed by atoms with van der Waals surface area (Å²) in [6, 6.07) is 18.1. The summed E-state index contributed by atoms with van der Waals surface area (Å²) >= 11 is 4.63. The molecule has 0 amide bonds. The molecule has 0 aliphatic rings. The number of para-hydroxylation sites is 1. The number of nitrogen functional groups attached to an aromatic ring is 1. The van der Waals surface area contributed by atoms with Gasteiger partial charge in [-0.25, -0.2) is 0 Å². The lowest BCUT2D eigenvalue weighted by Gasteiger charge is -1.95. The van der Waals surface area contributed by atoms with E-state index >= 15 is 0 Å². The van der Waals surface area contributed by atoms with Crippen LogP contribution >= 0.6 is 12.2 Å². The van der Waals surface area contributed by atoms with Crippen LogP contribution in [0.1, 0.15) is 53.7 Å². The topological polar surface area (TPSA) is 50.1 Å². The maximum absolute atomic E-state index is 5.52. The SMILES string of the molecule is C.C.CC.CC.CNC(=S)NC.Cc1ccccc1.Cc1ccccc1N. The van der Waals surface area contributed by atoms with Gasteiger partial charge in [0.15, 0.2) is 5.11 Å². The molecule has 0 aromatic heterocycles. The standard InChI is InChI=1S/C7H9N.C7H8.C3H8N2S.2C2H6.2CH4/c1-6-4-2-3-5-7(6)8;1-7-5-3-2-4-6-7;1-4-3(6)5-2;2*1-2;;/h2-5H,8H2,1H3;2-6H,1H3;1-2H3,(H2,4,5,6);2*1-2H3;2*1H4. The van der Waals surface area contributed by atoms with Gasteiger partial charge in [-0.1, -0.05) is 96.6 Å². The van der Waals surface area contributed by atoms with Gasteiger partial charge in [0.1, 0.15) is 0 Å². The molecule has 0 spiro atoms. The third kappa shape index (κ3) is 26.3. The normalized spacial score (nSPS) is 6.96. The molecule has 0 aliphatic carbocycles. The van der Waals surface area contributed by atoms with E-state index in [0.717, 1.165) is 11.3 Å². The minimum absolute atomic E-state index is 0. The second-order valence-electron chi connectivity index (χ2n) is 4.34. The van der Waals surface area contributed by atoms with Gasteiger partial charge in [-0.2, -0.15) is 0 Å². The van der Waals surface area contributed by atoms with Gasteiger partial charge >= 0.3 is 0 Å². The molecule has 2 aromatic rings. The van der Waals surface area contributed by atoms with E-state index in [1.54, 1.807) is 14.1 Å². The van der Waals surface area contributed by atoms with Gasteiger partial charge in [0, 0.05) is 19.8 Å². The monoisotopic (exact) mass is 395 g/mol. The maximum atomic E-state index is 5.52. The van der Waals surface area contributed by atoms with Crippen molar-refractivity contribution < 1.29 is 0 Å². The van der Waals surface area contributed by atoms with Gasteiger partial charge in [-0.3, -0.25) is 0 Å². The molecule has 0 radical (unpaired) electrons. The lowest BCUT2D eigenvalue weighted by atomic mass is 10.2. The van der Waals surface area contributed by atoms with Crippen LogP contribution < -0.4 is 16.4 Å². The van der Waals surface area contributed by atoms with Crippen LogP contribution in [0.4, 0.5) is 5.69 Å². The van der Waals surface area contributed by atoms with E-state index in [2.05, 4.69) is 41.9 Å². The molecule has 2 aromatic carbocycles. The quantitative estimate of drug-likeness (QED) is 0.347. The van der Waals surface area contributed by atoms with Crippen molar-refractivity contribution in [1.29, 1.82) is 0 Å². The zero-order valence-corrected chi connectivity index (χ0v) is 18.0. The Kier molecular flexibility index (Phi) is 38.2. The molecule has 2 rings (SSSR count). The van der Waals surface area contributed by atoms with Crippen molar-refractivity contribution in [1.82, 2.24) is 10.6 Å². The first kappa shape index (κ1) is 35.9. The van der Waals surface area contributed by atoms with Crippen molar-refractivity contribution in [2.24, 2.45) is 0 Å². The van der Waals surface area contributed by atoms with Gasteiger partial charge < -0.3 is 16.4 Å². The van der Waals surface area contributed by atoms with Gasteiger partial charge in [0.2, 0.25) is 0 Å². The number of nitrogens with one attached hydrogen (secondary N) is 2. The van der Waals surface area contributed by atoms with E-state index in [4.69, 9.17) is 5.73 Å². The zero-order chi connectivity index (χ0) is 20.1. The molecule has 3 nitrogen and oxygen atoms in total. The Labute approximate surface area is 175 Å². The highest BCUT2D eigenvalue weighted by molar-refractivity contribution is 7.80. The molecule has 0 saturated carbocycles. The summed E-state index contributed by atoms with van der Waals surface area (Å²) < 4.78 is 0. The fraction of sp³-hybridized carbons (Fsp3) is 0.435. The van der Waals surface area contributed by atoms with Crippen LogP contribution in [0.5, 0.6) is 0 Å². The van der Waals surface area contributed by atoms with Gasteiger partial charge in [0.05, 0.1) is 0 Å². The van der Waals surface area contributed by atoms with Crippen LogP contribution in [0.2, 0.25) is 0 Å².